The maximum absolute atomic E-state index is 10.7. The topological polar surface area (TPSA) is 53.4 Å². The number of carboxylic acid groups (broad SMARTS) is 1. The fraction of sp³-hybridized carbons (Fsp3) is 0.600. The van der Waals surface area contributed by atoms with Crippen molar-refractivity contribution < 1.29 is 9.90 Å². The Morgan fingerprint density at radius 1 is 1.67 bits per heavy atom. The van der Waals surface area contributed by atoms with Gasteiger partial charge < -0.3 is 5.11 Å². The van der Waals surface area contributed by atoms with Gasteiger partial charge in [-0.05, 0) is 5.92 Å². The molecule has 0 aliphatic heterocycles. The zero-order valence-corrected chi connectivity index (χ0v) is 9.83. The third-order valence-corrected chi connectivity index (χ3v) is 2.49. The second-order valence-electron chi connectivity index (χ2n) is 3.94. The first-order valence-corrected chi connectivity index (χ1v) is 5.83. The number of hydrogen-bond donors (Lipinski definition) is 1. The van der Waals surface area contributed by atoms with Crippen molar-refractivity contribution in [2.45, 2.75) is 20.4 Å². The maximum atomic E-state index is 10.7. The van der Waals surface area contributed by atoms with Gasteiger partial charge in [0.25, 0.3) is 0 Å². The molecule has 1 rings (SSSR count). The molecular weight excluding hydrogens is 212 g/mol. The molecule has 0 radical (unpaired) electrons. The molecular formula is C10H16N2O2S. The Bertz CT molecular complexity index is 298. The molecule has 0 spiro atoms. The standard InChI is InChI=1S/C10H16N2O2S/c1-8(2)3-12(5-10(13)14)4-9-6-15-7-11-9/h6-8H,3-5H2,1-2H3,(H,13,14). The number of rotatable bonds is 6. The molecule has 0 aliphatic rings. The van der Waals surface area contributed by atoms with Gasteiger partial charge in [-0.25, -0.2) is 4.98 Å². The molecule has 0 saturated heterocycles. The molecule has 0 bridgehead atoms. The molecule has 1 N–H and O–H groups in total. The summed E-state index contributed by atoms with van der Waals surface area (Å²) in [7, 11) is 0. The van der Waals surface area contributed by atoms with E-state index in [4.69, 9.17) is 5.11 Å². The van der Waals surface area contributed by atoms with E-state index in [9.17, 15) is 4.79 Å². The molecule has 1 heterocycles. The molecule has 0 saturated carbocycles. The smallest absolute Gasteiger partial charge is 0.317 e. The van der Waals surface area contributed by atoms with Crippen LogP contribution in [0, 0.1) is 5.92 Å². The van der Waals surface area contributed by atoms with Crippen molar-refractivity contribution in [3.05, 3.63) is 16.6 Å². The van der Waals surface area contributed by atoms with Crippen molar-refractivity contribution in [3.8, 4) is 0 Å². The number of aromatic nitrogens is 1. The maximum Gasteiger partial charge on any atom is 0.317 e. The Morgan fingerprint density at radius 2 is 2.40 bits per heavy atom. The van der Waals surface area contributed by atoms with Crippen molar-refractivity contribution in [1.29, 1.82) is 0 Å². The fourth-order valence-electron chi connectivity index (χ4n) is 1.44. The SMILES string of the molecule is CC(C)CN(CC(=O)O)Cc1cscn1. The van der Waals surface area contributed by atoms with Crippen LogP contribution in [0.25, 0.3) is 0 Å². The second kappa shape index (κ2) is 5.82. The van der Waals surface area contributed by atoms with Gasteiger partial charge in [0.2, 0.25) is 0 Å². The highest BCUT2D eigenvalue weighted by Gasteiger charge is 2.12. The van der Waals surface area contributed by atoms with Crippen molar-refractivity contribution in [3.63, 3.8) is 0 Å². The highest BCUT2D eigenvalue weighted by atomic mass is 32.1. The minimum atomic E-state index is -0.786. The summed E-state index contributed by atoms with van der Waals surface area (Å²) in [6, 6.07) is 0. The highest BCUT2D eigenvalue weighted by molar-refractivity contribution is 7.07. The van der Waals surface area contributed by atoms with E-state index >= 15 is 0 Å². The highest BCUT2D eigenvalue weighted by Crippen LogP contribution is 2.07. The molecule has 0 unspecified atom stereocenters. The van der Waals surface area contributed by atoms with Gasteiger partial charge in [-0.3, -0.25) is 9.69 Å². The van der Waals surface area contributed by atoms with Gasteiger partial charge in [0.15, 0.2) is 0 Å². The van der Waals surface area contributed by atoms with E-state index in [1.54, 1.807) is 5.51 Å². The van der Waals surface area contributed by atoms with Crippen molar-refractivity contribution in [2.75, 3.05) is 13.1 Å². The lowest BCUT2D eigenvalue weighted by Crippen LogP contribution is -2.32. The first-order valence-electron chi connectivity index (χ1n) is 4.89. The number of aliphatic carboxylic acids is 1. The lowest BCUT2D eigenvalue weighted by atomic mass is 10.2. The largest absolute Gasteiger partial charge is 0.480 e. The average molecular weight is 228 g/mol. The van der Waals surface area contributed by atoms with Crippen molar-refractivity contribution in [1.82, 2.24) is 9.88 Å². The molecule has 84 valence electrons. The van der Waals surface area contributed by atoms with Gasteiger partial charge in [-0.2, -0.15) is 0 Å². The first-order chi connectivity index (χ1) is 7.08. The third kappa shape index (κ3) is 4.90. The van der Waals surface area contributed by atoms with Crippen LogP contribution in [0.1, 0.15) is 19.5 Å². The molecule has 5 heteroatoms. The Kier molecular flexibility index (Phi) is 4.71. The van der Waals surface area contributed by atoms with Gasteiger partial charge in [-0.15, -0.1) is 11.3 Å². The second-order valence-corrected chi connectivity index (χ2v) is 4.66. The zero-order chi connectivity index (χ0) is 11.3. The third-order valence-electron chi connectivity index (χ3n) is 1.85. The van der Waals surface area contributed by atoms with Crippen LogP contribution in [0.4, 0.5) is 0 Å². The van der Waals surface area contributed by atoms with E-state index in [0.717, 1.165) is 12.2 Å². The van der Waals surface area contributed by atoms with Crippen LogP contribution in [0.15, 0.2) is 10.9 Å². The van der Waals surface area contributed by atoms with Gasteiger partial charge in [0.1, 0.15) is 0 Å². The van der Waals surface area contributed by atoms with E-state index in [1.807, 2.05) is 10.3 Å². The van der Waals surface area contributed by atoms with Gasteiger partial charge in [0, 0.05) is 18.5 Å². The molecule has 15 heavy (non-hydrogen) atoms. The molecule has 0 amide bonds. The predicted molar refractivity (Wildman–Crippen MR) is 59.9 cm³/mol. The molecule has 1 aromatic rings. The van der Waals surface area contributed by atoms with E-state index < -0.39 is 5.97 Å². The van der Waals surface area contributed by atoms with Crippen LogP contribution in [0.5, 0.6) is 0 Å². The Labute approximate surface area is 93.6 Å². The summed E-state index contributed by atoms with van der Waals surface area (Å²) in [4.78, 5) is 16.7. The Hall–Kier alpha value is -0.940. The molecule has 0 aromatic carbocycles. The monoisotopic (exact) mass is 228 g/mol. The molecule has 0 atom stereocenters. The van der Waals surface area contributed by atoms with Crippen molar-refractivity contribution >= 4 is 17.3 Å². The Morgan fingerprint density at radius 3 is 2.87 bits per heavy atom. The molecule has 0 fully saturated rings. The number of hydrogen-bond acceptors (Lipinski definition) is 4. The predicted octanol–water partition coefficient (Wildman–Crippen LogP) is 1.69. The summed E-state index contributed by atoms with van der Waals surface area (Å²) in [6.45, 7) is 5.64. The summed E-state index contributed by atoms with van der Waals surface area (Å²) in [6.07, 6.45) is 0. The van der Waals surface area contributed by atoms with Crippen LogP contribution >= 0.6 is 11.3 Å². The van der Waals surface area contributed by atoms with Crippen LogP contribution in [-0.2, 0) is 11.3 Å². The minimum Gasteiger partial charge on any atom is -0.480 e. The van der Waals surface area contributed by atoms with Gasteiger partial charge >= 0.3 is 5.97 Å². The van der Waals surface area contributed by atoms with Crippen LogP contribution in [-0.4, -0.2) is 34.0 Å². The van der Waals surface area contributed by atoms with E-state index in [0.29, 0.717) is 12.5 Å². The molecule has 4 nitrogen and oxygen atoms in total. The number of carbonyl (C=O) groups is 1. The minimum absolute atomic E-state index is 0.0791. The normalized spacial score (nSPS) is 11.2. The van der Waals surface area contributed by atoms with Gasteiger partial charge in [0.05, 0.1) is 17.7 Å². The summed E-state index contributed by atoms with van der Waals surface area (Å²) in [5.41, 5.74) is 2.71. The first kappa shape index (κ1) is 12.1. The van der Waals surface area contributed by atoms with Crippen LogP contribution in [0.2, 0.25) is 0 Å². The van der Waals surface area contributed by atoms with Crippen LogP contribution < -0.4 is 0 Å². The van der Waals surface area contributed by atoms with Gasteiger partial charge in [-0.1, -0.05) is 13.8 Å². The fourth-order valence-corrected chi connectivity index (χ4v) is 1.99. The zero-order valence-electron chi connectivity index (χ0n) is 9.01. The van der Waals surface area contributed by atoms with Crippen LogP contribution in [0.3, 0.4) is 0 Å². The quantitative estimate of drug-likeness (QED) is 0.805. The average Bonchev–Trinajstić information content (AvgIpc) is 2.53. The number of nitrogens with zero attached hydrogens (tertiary/aromatic N) is 2. The lowest BCUT2D eigenvalue weighted by Gasteiger charge is -2.21. The molecule has 0 aliphatic carbocycles. The lowest BCUT2D eigenvalue weighted by molar-refractivity contribution is -0.138. The number of carboxylic acids is 1. The summed E-state index contributed by atoms with van der Waals surface area (Å²) >= 11 is 1.53. The Balaban J connectivity index is 2.52. The summed E-state index contributed by atoms with van der Waals surface area (Å²) in [5.74, 6) is -0.325. The van der Waals surface area contributed by atoms with E-state index in [1.165, 1.54) is 11.3 Å². The summed E-state index contributed by atoms with van der Waals surface area (Å²) in [5, 5.41) is 10.7. The van der Waals surface area contributed by atoms with E-state index in [-0.39, 0.29) is 6.54 Å². The summed E-state index contributed by atoms with van der Waals surface area (Å²) < 4.78 is 0. The van der Waals surface area contributed by atoms with Crippen molar-refractivity contribution in [2.24, 2.45) is 5.92 Å². The number of thiazole rings is 1. The van der Waals surface area contributed by atoms with E-state index in [2.05, 4.69) is 18.8 Å². The molecule has 1 aromatic heterocycles.